The Balaban J connectivity index is 2.37. The first-order chi connectivity index (χ1) is 7.18. The Labute approximate surface area is 89.6 Å². The van der Waals surface area contributed by atoms with Crippen molar-refractivity contribution in [1.29, 1.82) is 0 Å². The Bertz CT molecular complexity index is 532. The van der Waals surface area contributed by atoms with E-state index in [9.17, 15) is 9.18 Å². The van der Waals surface area contributed by atoms with Gasteiger partial charge < -0.3 is 10.3 Å². The second-order valence-corrected chi connectivity index (χ2v) is 3.97. The summed E-state index contributed by atoms with van der Waals surface area (Å²) in [6, 6.07) is 4.79. The lowest BCUT2D eigenvalue weighted by molar-refractivity contribution is 0.602. The first-order valence-corrected chi connectivity index (χ1v) is 5.23. The lowest BCUT2D eigenvalue weighted by atomic mass is 10.2. The molecule has 1 heterocycles. The summed E-state index contributed by atoms with van der Waals surface area (Å²) >= 11 is 1.09. The van der Waals surface area contributed by atoms with Crippen molar-refractivity contribution in [3.8, 4) is 0 Å². The van der Waals surface area contributed by atoms with Crippen molar-refractivity contribution in [2.24, 2.45) is 0 Å². The van der Waals surface area contributed by atoms with Gasteiger partial charge in [0, 0.05) is 17.1 Å². The zero-order chi connectivity index (χ0) is 10.8. The molecule has 15 heavy (non-hydrogen) atoms. The van der Waals surface area contributed by atoms with E-state index in [4.69, 9.17) is 5.73 Å². The number of nitrogen functional groups attached to an aromatic ring is 1. The number of halogens is 1. The molecule has 0 aliphatic heterocycles. The molecular formula is C10H9FN2OS. The van der Waals surface area contributed by atoms with Gasteiger partial charge in [-0.25, -0.2) is 4.39 Å². The minimum Gasteiger partial charge on any atom is -0.396 e. The van der Waals surface area contributed by atoms with Gasteiger partial charge in [0.05, 0.1) is 12.2 Å². The number of nitrogens with zero attached hydrogens (tertiary/aromatic N) is 1. The summed E-state index contributed by atoms with van der Waals surface area (Å²) in [5.74, 6) is -0.449. The highest BCUT2D eigenvalue weighted by Gasteiger charge is 2.06. The Hall–Kier alpha value is -1.62. The van der Waals surface area contributed by atoms with Gasteiger partial charge in [-0.2, -0.15) is 0 Å². The molecule has 2 N–H and O–H groups in total. The number of hydrogen-bond donors (Lipinski definition) is 1. The summed E-state index contributed by atoms with van der Waals surface area (Å²) in [5, 5.41) is 1.67. The number of aromatic nitrogens is 1. The molecule has 0 fully saturated rings. The molecule has 0 unspecified atom stereocenters. The predicted molar refractivity (Wildman–Crippen MR) is 58.5 cm³/mol. The van der Waals surface area contributed by atoms with Crippen molar-refractivity contribution >= 4 is 17.0 Å². The van der Waals surface area contributed by atoms with Gasteiger partial charge in [0.25, 0.3) is 0 Å². The van der Waals surface area contributed by atoms with Gasteiger partial charge in [0.1, 0.15) is 0 Å². The summed E-state index contributed by atoms with van der Waals surface area (Å²) in [6.07, 6.45) is 1.63. The Kier molecular flexibility index (Phi) is 2.55. The number of nitrogens with two attached hydrogens (primary N) is 1. The molecule has 0 saturated heterocycles. The molecule has 0 saturated carbocycles. The Morgan fingerprint density at radius 3 is 2.93 bits per heavy atom. The Morgan fingerprint density at radius 1 is 1.47 bits per heavy atom. The molecule has 0 spiro atoms. The van der Waals surface area contributed by atoms with E-state index in [-0.39, 0.29) is 17.1 Å². The van der Waals surface area contributed by atoms with Crippen molar-refractivity contribution in [1.82, 2.24) is 4.57 Å². The summed E-state index contributed by atoms with van der Waals surface area (Å²) in [4.78, 5) is 11.1. The maximum absolute atomic E-state index is 13.5. The fourth-order valence-electron chi connectivity index (χ4n) is 1.31. The van der Waals surface area contributed by atoms with Crippen molar-refractivity contribution in [2.75, 3.05) is 5.73 Å². The SMILES string of the molecule is Nc1cccc(Cn2ccsc2=O)c1F. The fourth-order valence-corrected chi connectivity index (χ4v) is 1.90. The summed E-state index contributed by atoms with van der Waals surface area (Å²) < 4.78 is 14.9. The molecule has 1 aromatic carbocycles. The first-order valence-electron chi connectivity index (χ1n) is 4.35. The van der Waals surface area contributed by atoms with E-state index in [1.54, 1.807) is 23.7 Å². The van der Waals surface area contributed by atoms with E-state index in [0.29, 0.717) is 5.56 Å². The van der Waals surface area contributed by atoms with Crippen molar-refractivity contribution in [2.45, 2.75) is 6.54 Å². The van der Waals surface area contributed by atoms with Crippen LogP contribution in [0.2, 0.25) is 0 Å². The molecule has 5 heteroatoms. The molecule has 0 atom stereocenters. The zero-order valence-corrected chi connectivity index (χ0v) is 8.63. The molecule has 3 nitrogen and oxygen atoms in total. The fraction of sp³-hybridized carbons (Fsp3) is 0.100. The van der Waals surface area contributed by atoms with Gasteiger partial charge in [-0.15, -0.1) is 0 Å². The Morgan fingerprint density at radius 2 is 2.27 bits per heavy atom. The minimum atomic E-state index is -0.449. The van der Waals surface area contributed by atoms with Crippen LogP contribution in [0.1, 0.15) is 5.56 Å². The number of benzene rings is 1. The number of rotatable bonds is 2. The predicted octanol–water partition coefficient (Wildman–Crippen LogP) is 1.68. The van der Waals surface area contributed by atoms with Crippen LogP contribution in [0.25, 0.3) is 0 Å². The van der Waals surface area contributed by atoms with Crippen LogP contribution < -0.4 is 10.6 Å². The van der Waals surface area contributed by atoms with Gasteiger partial charge in [0.2, 0.25) is 0 Å². The van der Waals surface area contributed by atoms with E-state index in [1.165, 1.54) is 10.6 Å². The van der Waals surface area contributed by atoms with Crippen molar-refractivity contribution < 1.29 is 4.39 Å². The molecule has 1 aromatic heterocycles. The van der Waals surface area contributed by atoms with Gasteiger partial charge in [-0.3, -0.25) is 4.79 Å². The zero-order valence-electron chi connectivity index (χ0n) is 7.81. The van der Waals surface area contributed by atoms with Gasteiger partial charge in [0.15, 0.2) is 5.82 Å². The van der Waals surface area contributed by atoms with Gasteiger partial charge >= 0.3 is 4.87 Å². The molecule has 2 rings (SSSR count). The molecule has 0 aliphatic carbocycles. The van der Waals surface area contributed by atoms with E-state index in [2.05, 4.69) is 0 Å². The van der Waals surface area contributed by atoms with Crippen LogP contribution >= 0.6 is 11.3 Å². The summed E-state index contributed by atoms with van der Waals surface area (Å²) in [5.41, 5.74) is 5.96. The topological polar surface area (TPSA) is 48.0 Å². The van der Waals surface area contributed by atoms with Crippen molar-refractivity contribution in [3.63, 3.8) is 0 Å². The third-order valence-electron chi connectivity index (χ3n) is 2.09. The summed E-state index contributed by atoms with van der Waals surface area (Å²) in [6.45, 7) is 0.221. The van der Waals surface area contributed by atoms with E-state index in [1.807, 2.05) is 0 Å². The van der Waals surface area contributed by atoms with Gasteiger partial charge in [-0.1, -0.05) is 23.5 Å². The van der Waals surface area contributed by atoms with Crippen LogP contribution in [0.15, 0.2) is 34.6 Å². The van der Waals surface area contributed by atoms with Crippen molar-refractivity contribution in [3.05, 3.63) is 50.8 Å². The van der Waals surface area contributed by atoms with E-state index < -0.39 is 5.82 Å². The highest BCUT2D eigenvalue weighted by Crippen LogP contribution is 2.15. The lowest BCUT2D eigenvalue weighted by Gasteiger charge is -2.05. The van der Waals surface area contributed by atoms with E-state index >= 15 is 0 Å². The molecule has 78 valence electrons. The standard InChI is InChI=1S/C10H9FN2OS/c11-9-7(2-1-3-8(9)12)6-13-4-5-15-10(13)14/h1-5H,6,12H2. The lowest BCUT2D eigenvalue weighted by Crippen LogP contribution is -2.13. The quantitative estimate of drug-likeness (QED) is 0.789. The third kappa shape index (κ3) is 1.92. The van der Waals surface area contributed by atoms with Crippen LogP contribution in [0.3, 0.4) is 0 Å². The van der Waals surface area contributed by atoms with Crippen LogP contribution in [-0.4, -0.2) is 4.57 Å². The molecule has 0 bridgehead atoms. The average molecular weight is 224 g/mol. The number of hydrogen-bond acceptors (Lipinski definition) is 3. The third-order valence-corrected chi connectivity index (χ3v) is 2.79. The largest absolute Gasteiger partial charge is 0.396 e. The minimum absolute atomic E-state index is 0.100. The number of thiazole rings is 1. The second-order valence-electron chi connectivity index (χ2n) is 3.12. The average Bonchev–Trinajstić information content (AvgIpc) is 2.60. The molecule has 0 aliphatic rings. The molecule has 0 amide bonds. The number of anilines is 1. The normalized spacial score (nSPS) is 10.5. The van der Waals surface area contributed by atoms with Gasteiger partial charge in [-0.05, 0) is 6.07 Å². The smallest absolute Gasteiger partial charge is 0.307 e. The molecule has 0 radical (unpaired) electrons. The maximum atomic E-state index is 13.5. The highest BCUT2D eigenvalue weighted by molar-refractivity contribution is 7.07. The van der Waals surface area contributed by atoms with Crippen LogP contribution in [0.4, 0.5) is 10.1 Å². The van der Waals surface area contributed by atoms with Crippen LogP contribution in [0, 0.1) is 5.82 Å². The molecular weight excluding hydrogens is 215 g/mol. The van der Waals surface area contributed by atoms with E-state index in [0.717, 1.165) is 11.3 Å². The highest BCUT2D eigenvalue weighted by atomic mass is 32.1. The second kappa shape index (κ2) is 3.86. The van der Waals surface area contributed by atoms with Crippen LogP contribution in [0.5, 0.6) is 0 Å². The van der Waals surface area contributed by atoms with Crippen LogP contribution in [-0.2, 0) is 6.54 Å². The molecule has 2 aromatic rings. The first kappa shape index (κ1) is 9.92. The summed E-state index contributed by atoms with van der Waals surface area (Å²) in [7, 11) is 0. The maximum Gasteiger partial charge on any atom is 0.307 e. The monoisotopic (exact) mass is 224 g/mol.